The standard InChI is InChI=1S/C19H28N6OS2/c1-15(23-24-18(27)20-8-9-25-10-12-26-13-11-25)16-3-5-17(6-4-16)22-19-21-7-2-14-28-19/h3-6H,2,7-14H2,1H3,(H,21,22)(H2,20,24,27)/b23-15-. The van der Waals surface area contributed by atoms with Gasteiger partial charge >= 0.3 is 0 Å². The molecule has 2 heterocycles. The molecule has 2 aliphatic rings. The molecule has 0 radical (unpaired) electrons. The van der Waals surface area contributed by atoms with E-state index in [0.717, 1.165) is 80.2 Å². The summed E-state index contributed by atoms with van der Waals surface area (Å²) in [4.78, 5) is 6.85. The Morgan fingerprint density at radius 1 is 1.29 bits per heavy atom. The third-order valence-electron chi connectivity index (χ3n) is 4.49. The van der Waals surface area contributed by atoms with Gasteiger partial charge in [-0.3, -0.25) is 15.3 Å². The molecule has 9 heteroatoms. The summed E-state index contributed by atoms with van der Waals surface area (Å²) in [6, 6.07) is 8.19. The Morgan fingerprint density at radius 3 is 2.79 bits per heavy atom. The predicted molar refractivity (Wildman–Crippen MR) is 123 cm³/mol. The van der Waals surface area contributed by atoms with Crippen molar-refractivity contribution < 1.29 is 4.74 Å². The van der Waals surface area contributed by atoms with Gasteiger partial charge in [-0.1, -0.05) is 23.9 Å². The average Bonchev–Trinajstić information content (AvgIpc) is 2.74. The smallest absolute Gasteiger partial charge is 0.187 e. The quantitative estimate of drug-likeness (QED) is 0.370. The van der Waals surface area contributed by atoms with E-state index in [0.29, 0.717) is 5.11 Å². The molecule has 152 valence electrons. The first kappa shape index (κ1) is 21.0. The molecule has 0 spiro atoms. The van der Waals surface area contributed by atoms with E-state index in [1.807, 2.05) is 31.2 Å². The monoisotopic (exact) mass is 420 g/mol. The van der Waals surface area contributed by atoms with Crippen LogP contribution in [0.5, 0.6) is 0 Å². The lowest BCUT2D eigenvalue weighted by atomic mass is 10.1. The fourth-order valence-corrected chi connectivity index (χ4v) is 3.83. The Labute approximate surface area is 176 Å². The molecule has 0 amide bonds. The maximum Gasteiger partial charge on any atom is 0.187 e. The van der Waals surface area contributed by atoms with E-state index in [4.69, 9.17) is 17.0 Å². The van der Waals surface area contributed by atoms with Crippen molar-refractivity contribution in [3.8, 4) is 0 Å². The maximum atomic E-state index is 5.35. The zero-order valence-corrected chi connectivity index (χ0v) is 17.9. The second-order valence-electron chi connectivity index (χ2n) is 6.61. The first-order valence-corrected chi connectivity index (χ1v) is 11.0. The number of hydrogen-bond donors (Lipinski definition) is 3. The number of ether oxygens (including phenoxy) is 1. The van der Waals surface area contributed by atoms with Crippen molar-refractivity contribution in [1.82, 2.24) is 15.6 Å². The number of nitrogens with zero attached hydrogens (tertiary/aromatic N) is 3. The highest BCUT2D eigenvalue weighted by Crippen LogP contribution is 2.17. The molecule has 0 aliphatic carbocycles. The van der Waals surface area contributed by atoms with E-state index < -0.39 is 0 Å². The number of rotatable bonds is 6. The third-order valence-corrected chi connectivity index (χ3v) is 5.73. The molecule has 1 fully saturated rings. The van der Waals surface area contributed by atoms with Gasteiger partial charge in [0.1, 0.15) is 0 Å². The van der Waals surface area contributed by atoms with E-state index in [2.05, 4.69) is 31.1 Å². The van der Waals surface area contributed by atoms with E-state index >= 15 is 0 Å². The van der Waals surface area contributed by atoms with Crippen LogP contribution >= 0.6 is 24.0 Å². The first-order valence-electron chi connectivity index (χ1n) is 9.63. The molecule has 0 bridgehead atoms. The van der Waals surface area contributed by atoms with Gasteiger partial charge in [-0.15, -0.1) is 0 Å². The number of thiocarbonyl (C=S) groups is 1. The van der Waals surface area contributed by atoms with Crippen LogP contribution < -0.4 is 16.1 Å². The number of morpholine rings is 1. The van der Waals surface area contributed by atoms with Gasteiger partial charge in [0.05, 0.1) is 18.9 Å². The molecule has 7 nitrogen and oxygen atoms in total. The van der Waals surface area contributed by atoms with Crippen molar-refractivity contribution in [2.45, 2.75) is 13.3 Å². The lowest BCUT2D eigenvalue weighted by Gasteiger charge is -2.26. The number of benzene rings is 1. The Bertz CT molecular complexity index is 701. The van der Waals surface area contributed by atoms with E-state index in [9.17, 15) is 0 Å². The molecule has 3 rings (SSSR count). The lowest BCUT2D eigenvalue weighted by molar-refractivity contribution is 0.0389. The maximum absolute atomic E-state index is 5.35. The molecular weight excluding hydrogens is 392 g/mol. The second kappa shape index (κ2) is 11.4. The summed E-state index contributed by atoms with van der Waals surface area (Å²) in [6.45, 7) is 8.21. The molecule has 1 saturated heterocycles. The molecule has 1 aromatic carbocycles. The van der Waals surface area contributed by atoms with Crippen molar-refractivity contribution in [2.75, 3.05) is 57.0 Å². The number of amidine groups is 1. The molecule has 3 N–H and O–H groups in total. The summed E-state index contributed by atoms with van der Waals surface area (Å²) < 4.78 is 5.35. The minimum Gasteiger partial charge on any atom is -0.379 e. The molecule has 0 unspecified atom stereocenters. The summed E-state index contributed by atoms with van der Waals surface area (Å²) >= 11 is 7.07. The van der Waals surface area contributed by atoms with Crippen LogP contribution in [-0.4, -0.2) is 72.6 Å². The normalized spacial score (nSPS) is 18.3. The predicted octanol–water partition coefficient (Wildman–Crippen LogP) is 2.11. The molecule has 2 aliphatic heterocycles. The summed E-state index contributed by atoms with van der Waals surface area (Å²) in [5.74, 6) is 1.13. The average molecular weight is 421 g/mol. The van der Waals surface area contributed by atoms with Crippen LogP contribution in [0.2, 0.25) is 0 Å². The van der Waals surface area contributed by atoms with E-state index in [-0.39, 0.29) is 0 Å². The number of nitrogens with one attached hydrogen (secondary N) is 3. The SMILES string of the molecule is C/C(=N/NC(=S)NCCN1CCOCC1)c1ccc(NC2=NCCCS2)cc1. The van der Waals surface area contributed by atoms with Crippen molar-refractivity contribution in [1.29, 1.82) is 0 Å². The van der Waals surface area contributed by atoms with Crippen LogP contribution in [0.4, 0.5) is 5.69 Å². The number of anilines is 1. The third kappa shape index (κ3) is 7.05. The highest BCUT2D eigenvalue weighted by atomic mass is 32.2. The number of hydrogen-bond acceptors (Lipinski definition) is 7. The minimum atomic E-state index is 0.540. The van der Waals surface area contributed by atoms with Crippen LogP contribution in [0.15, 0.2) is 34.4 Å². The van der Waals surface area contributed by atoms with E-state index in [1.54, 1.807) is 11.8 Å². The van der Waals surface area contributed by atoms with Crippen molar-refractivity contribution in [3.63, 3.8) is 0 Å². The largest absolute Gasteiger partial charge is 0.379 e. The van der Waals surface area contributed by atoms with Crippen LogP contribution in [0.25, 0.3) is 0 Å². The molecule has 1 aromatic rings. The Kier molecular flexibility index (Phi) is 8.53. The number of hydrazone groups is 1. The fraction of sp³-hybridized carbons (Fsp3) is 0.526. The molecule has 0 atom stereocenters. The number of aliphatic imine (C=N–C) groups is 1. The van der Waals surface area contributed by atoms with Gasteiger partial charge in [-0.2, -0.15) is 5.10 Å². The summed E-state index contributed by atoms with van der Waals surface area (Å²) in [5, 5.41) is 12.5. The molecule has 28 heavy (non-hydrogen) atoms. The lowest BCUT2D eigenvalue weighted by Crippen LogP contribution is -2.42. The van der Waals surface area contributed by atoms with Gasteiger partial charge in [0.25, 0.3) is 0 Å². The number of thioether (sulfide) groups is 1. The van der Waals surface area contributed by atoms with Gasteiger partial charge in [0, 0.05) is 44.2 Å². The minimum absolute atomic E-state index is 0.540. The van der Waals surface area contributed by atoms with Gasteiger partial charge in [-0.25, -0.2) is 0 Å². The fourth-order valence-electron chi connectivity index (χ4n) is 2.84. The van der Waals surface area contributed by atoms with Crippen LogP contribution in [0, 0.1) is 0 Å². The molecular formula is C19H28N6OS2. The Balaban J connectivity index is 1.41. The van der Waals surface area contributed by atoms with Crippen LogP contribution in [0.3, 0.4) is 0 Å². The summed E-state index contributed by atoms with van der Waals surface area (Å²) in [6.07, 6.45) is 1.15. The Hall–Kier alpha value is -1.68. The van der Waals surface area contributed by atoms with Gasteiger partial charge < -0.3 is 15.4 Å². The second-order valence-corrected chi connectivity index (χ2v) is 8.10. The zero-order chi connectivity index (χ0) is 19.6. The zero-order valence-electron chi connectivity index (χ0n) is 16.2. The summed E-state index contributed by atoms with van der Waals surface area (Å²) in [7, 11) is 0. The van der Waals surface area contributed by atoms with Crippen molar-refractivity contribution >= 4 is 45.7 Å². The van der Waals surface area contributed by atoms with Gasteiger partial charge in [0.2, 0.25) is 0 Å². The van der Waals surface area contributed by atoms with E-state index in [1.165, 1.54) is 0 Å². The first-order chi connectivity index (χ1) is 13.7. The molecule has 0 saturated carbocycles. The Morgan fingerprint density at radius 2 is 2.07 bits per heavy atom. The topological polar surface area (TPSA) is 73.3 Å². The van der Waals surface area contributed by atoms with Gasteiger partial charge in [0.15, 0.2) is 10.3 Å². The highest BCUT2D eigenvalue weighted by molar-refractivity contribution is 8.14. The molecule has 0 aromatic heterocycles. The van der Waals surface area contributed by atoms with Crippen molar-refractivity contribution in [3.05, 3.63) is 29.8 Å². The summed E-state index contributed by atoms with van der Waals surface area (Å²) in [5.41, 5.74) is 5.90. The van der Waals surface area contributed by atoms with Gasteiger partial charge in [-0.05, 0) is 43.3 Å². The van der Waals surface area contributed by atoms with Crippen LogP contribution in [0.1, 0.15) is 18.9 Å². The highest BCUT2D eigenvalue weighted by Gasteiger charge is 2.09. The van der Waals surface area contributed by atoms with Crippen molar-refractivity contribution in [2.24, 2.45) is 10.1 Å². The van der Waals surface area contributed by atoms with Crippen LogP contribution in [-0.2, 0) is 4.74 Å².